The normalized spacial score (nSPS) is 9.96. The maximum Gasteiger partial charge on any atom is 0.345 e. The summed E-state index contributed by atoms with van der Waals surface area (Å²) in [6.07, 6.45) is 0. The van der Waals surface area contributed by atoms with Gasteiger partial charge in [-0.1, -0.05) is 30.3 Å². The fraction of sp³-hybridized carbons (Fsp3) is 0.0667. The first-order valence-corrected chi connectivity index (χ1v) is 7.32. The Morgan fingerprint density at radius 2 is 1.78 bits per heavy atom. The molecule has 0 unspecified atom stereocenters. The van der Waals surface area contributed by atoms with Gasteiger partial charge in [-0.15, -0.1) is 11.3 Å². The van der Waals surface area contributed by atoms with E-state index in [9.17, 15) is 9.59 Å². The molecule has 1 amide bonds. The predicted molar refractivity (Wildman–Crippen MR) is 89.1 cm³/mol. The van der Waals surface area contributed by atoms with E-state index in [1.807, 2.05) is 30.3 Å². The third-order valence-electron chi connectivity index (χ3n) is 2.67. The molecule has 0 spiro atoms. The Labute approximate surface area is 135 Å². The highest BCUT2D eigenvalue weighted by Gasteiger charge is 2.15. The van der Waals surface area contributed by atoms with Gasteiger partial charge in [0.2, 0.25) is 11.9 Å². The third kappa shape index (κ3) is 4.01. The van der Waals surface area contributed by atoms with E-state index in [2.05, 4.69) is 15.7 Å². The number of hydrogen-bond donors (Lipinski definition) is 3. The summed E-state index contributed by atoms with van der Waals surface area (Å²) < 4.78 is 0. The van der Waals surface area contributed by atoms with Crippen LogP contribution in [-0.2, 0) is 4.79 Å². The molecular formula is C15H14N4O3S. The van der Waals surface area contributed by atoms with E-state index in [-0.39, 0.29) is 16.7 Å². The molecule has 0 aliphatic heterocycles. The average Bonchev–Trinajstić information content (AvgIpc) is 2.90. The molecule has 3 aromatic rings. The second-order valence-corrected chi connectivity index (χ2v) is 5.57. The van der Waals surface area contributed by atoms with Crippen LogP contribution in [0.15, 0.2) is 36.4 Å². The van der Waals surface area contributed by atoms with E-state index in [1.165, 1.54) is 6.92 Å². The van der Waals surface area contributed by atoms with Gasteiger partial charge in [0.15, 0.2) is 0 Å². The zero-order valence-electron chi connectivity index (χ0n) is 12.2. The molecule has 0 saturated heterocycles. The lowest BCUT2D eigenvalue weighted by molar-refractivity contribution is -0.115. The molecule has 0 atom stereocenters. The van der Waals surface area contributed by atoms with E-state index >= 15 is 0 Å². The number of nitrogen functional groups attached to an aromatic ring is 1. The number of thiophene rings is 1. The average molecular weight is 330 g/mol. The first kappa shape index (κ1) is 16.4. The number of carboxylic acid groups (broad SMARTS) is 1. The van der Waals surface area contributed by atoms with E-state index in [1.54, 1.807) is 6.07 Å². The molecule has 0 bridgehead atoms. The summed E-state index contributed by atoms with van der Waals surface area (Å²) in [5.41, 5.74) is 11.7. The van der Waals surface area contributed by atoms with Crippen LogP contribution in [0.1, 0.15) is 16.6 Å². The number of rotatable bonds is 2. The minimum Gasteiger partial charge on any atom is -0.477 e. The number of fused-ring (bicyclic) bond motifs is 1. The number of anilines is 1. The molecule has 0 aliphatic rings. The molecule has 8 heteroatoms. The SMILES string of the molecule is CC(N)=O.Nc1nc(-c2ccccc2)c2cc(C(=O)O)sc2n1. The second kappa shape index (κ2) is 6.84. The Morgan fingerprint density at radius 1 is 1.17 bits per heavy atom. The number of nitrogens with zero attached hydrogens (tertiary/aromatic N) is 2. The van der Waals surface area contributed by atoms with Crippen LogP contribution in [-0.4, -0.2) is 27.0 Å². The third-order valence-corrected chi connectivity index (χ3v) is 3.68. The van der Waals surface area contributed by atoms with Crippen LogP contribution in [0.5, 0.6) is 0 Å². The van der Waals surface area contributed by atoms with Crippen molar-refractivity contribution in [2.75, 3.05) is 5.73 Å². The van der Waals surface area contributed by atoms with Crippen LogP contribution in [0.2, 0.25) is 0 Å². The van der Waals surface area contributed by atoms with Gasteiger partial charge in [-0.25, -0.2) is 14.8 Å². The molecule has 5 N–H and O–H groups in total. The second-order valence-electron chi connectivity index (χ2n) is 4.54. The maximum atomic E-state index is 11.0. The van der Waals surface area contributed by atoms with Crippen LogP contribution in [0.3, 0.4) is 0 Å². The van der Waals surface area contributed by atoms with Crippen LogP contribution in [0.25, 0.3) is 21.5 Å². The number of primary amides is 1. The van der Waals surface area contributed by atoms with Crippen molar-refractivity contribution in [2.45, 2.75) is 6.92 Å². The van der Waals surface area contributed by atoms with E-state index in [0.29, 0.717) is 15.9 Å². The maximum absolute atomic E-state index is 11.0. The van der Waals surface area contributed by atoms with Crippen molar-refractivity contribution in [3.05, 3.63) is 41.3 Å². The number of nitrogens with two attached hydrogens (primary N) is 2. The minimum absolute atomic E-state index is 0.144. The molecule has 1 aromatic carbocycles. The van der Waals surface area contributed by atoms with E-state index < -0.39 is 5.97 Å². The van der Waals surface area contributed by atoms with E-state index in [4.69, 9.17) is 10.8 Å². The number of amides is 1. The van der Waals surface area contributed by atoms with Crippen LogP contribution >= 0.6 is 11.3 Å². The molecule has 0 aliphatic carbocycles. The number of benzene rings is 1. The van der Waals surface area contributed by atoms with Crippen molar-refractivity contribution >= 4 is 39.4 Å². The molecule has 0 fully saturated rings. The molecule has 118 valence electrons. The molecule has 3 rings (SSSR count). The van der Waals surface area contributed by atoms with Gasteiger partial charge < -0.3 is 16.6 Å². The van der Waals surface area contributed by atoms with E-state index in [0.717, 1.165) is 16.9 Å². The Kier molecular flexibility index (Phi) is 4.87. The Morgan fingerprint density at radius 3 is 2.35 bits per heavy atom. The smallest absolute Gasteiger partial charge is 0.345 e. The number of carbonyl (C=O) groups excluding carboxylic acids is 1. The molecule has 23 heavy (non-hydrogen) atoms. The van der Waals surface area contributed by atoms with Gasteiger partial charge in [-0.05, 0) is 6.07 Å². The van der Waals surface area contributed by atoms with Gasteiger partial charge in [0, 0.05) is 17.9 Å². The Hall–Kier alpha value is -3.00. The summed E-state index contributed by atoms with van der Waals surface area (Å²) in [6.45, 7) is 1.31. The summed E-state index contributed by atoms with van der Waals surface area (Å²) in [5.74, 6) is -1.16. The van der Waals surface area contributed by atoms with Crippen molar-refractivity contribution in [1.82, 2.24) is 9.97 Å². The molecule has 2 heterocycles. The van der Waals surface area contributed by atoms with Crippen molar-refractivity contribution in [2.24, 2.45) is 5.73 Å². The number of aromatic carboxylic acids is 1. The fourth-order valence-corrected chi connectivity index (χ4v) is 2.74. The summed E-state index contributed by atoms with van der Waals surface area (Å²) in [4.78, 5) is 29.4. The largest absolute Gasteiger partial charge is 0.477 e. The van der Waals surface area contributed by atoms with Gasteiger partial charge in [-0.2, -0.15) is 0 Å². The summed E-state index contributed by atoms with van der Waals surface area (Å²) in [5, 5.41) is 9.76. The first-order chi connectivity index (χ1) is 10.9. The van der Waals surface area contributed by atoms with Gasteiger partial charge in [0.05, 0.1) is 5.69 Å². The zero-order chi connectivity index (χ0) is 17.0. The highest BCUT2D eigenvalue weighted by Crippen LogP contribution is 2.32. The van der Waals surface area contributed by atoms with Crippen molar-refractivity contribution in [3.8, 4) is 11.3 Å². The lowest BCUT2D eigenvalue weighted by atomic mass is 10.1. The van der Waals surface area contributed by atoms with Crippen LogP contribution < -0.4 is 11.5 Å². The molecule has 0 saturated carbocycles. The van der Waals surface area contributed by atoms with Gasteiger partial charge in [0.1, 0.15) is 9.71 Å². The fourth-order valence-electron chi connectivity index (χ4n) is 1.86. The summed E-state index contributed by atoms with van der Waals surface area (Å²) >= 11 is 1.10. The van der Waals surface area contributed by atoms with Gasteiger partial charge in [0.25, 0.3) is 0 Å². The Bertz CT molecular complexity index is 858. The number of carbonyl (C=O) groups is 2. The quantitative estimate of drug-likeness (QED) is 0.659. The van der Waals surface area contributed by atoms with Crippen molar-refractivity contribution < 1.29 is 14.7 Å². The summed E-state index contributed by atoms with van der Waals surface area (Å²) in [7, 11) is 0. The molecule has 0 radical (unpaired) electrons. The van der Waals surface area contributed by atoms with Crippen LogP contribution in [0, 0.1) is 0 Å². The van der Waals surface area contributed by atoms with Crippen molar-refractivity contribution in [3.63, 3.8) is 0 Å². The minimum atomic E-state index is -0.972. The lowest BCUT2D eigenvalue weighted by Crippen LogP contribution is -2.01. The lowest BCUT2D eigenvalue weighted by Gasteiger charge is -2.03. The zero-order valence-corrected chi connectivity index (χ0v) is 13.0. The highest BCUT2D eigenvalue weighted by molar-refractivity contribution is 7.20. The first-order valence-electron chi connectivity index (χ1n) is 6.50. The number of hydrogen-bond acceptors (Lipinski definition) is 6. The van der Waals surface area contributed by atoms with Gasteiger partial charge in [-0.3, -0.25) is 4.79 Å². The highest BCUT2D eigenvalue weighted by atomic mass is 32.1. The number of carboxylic acids is 1. The number of aromatic nitrogens is 2. The van der Waals surface area contributed by atoms with Crippen molar-refractivity contribution in [1.29, 1.82) is 0 Å². The predicted octanol–water partition coefficient (Wildman–Crippen LogP) is 2.13. The molecular weight excluding hydrogens is 316 g/mol. The van der Waals surface area contributed by atoms with Gasteiger partial charge >= 0.3 is 5.97 Å². The summed E-state index contributed by atoms with van der Waals surface area (Å²) in [6, 6.07) is 11.1. The topological polar surface area (TPSA) is 132 Å². The van der Waals surface area contributed by atoms with Crippen LogP contribution in [0.4, 0.5) is 5.95 Å². The molecule has 7 nitrogen and oxygen atoms in total. The molecule has 2 aromatic heterocycles. The monoisotopic (exact) mass is 330 g/mol. The standard InChI is InChI=1S/C13H9N3O2S.C2H5NO/c14-13-15-10(7-4-2-1-3-5-7)8-6-9(12(17)18)19-11(8)16-13;1-2(3)4/h1-6H,(H,17,18)(H2,14,15,16);1H3,(H2,3,4). The Balaban J connectivity index is 0.000000433.